The normalized spacial score (nSPS) is 11.6. The summed E-state index contributed by atoms with van der Waals surface area (Å²) in [7, 11) is 0. The molecule has 0 saturated heterocycles. The second-order valence-corrected chi connectivity index (χ2v) is 13.5. The summed E-state index contributed by atoms with van der Waals surface area (Å²) in [5, 5.41) is 4.87. The maximum atomic E-state index is 6.52. The molecule has 0 aliphatic rings. The summed E-state index contributed by atoms with van der Waals surface area (Å²) in [6.07, 6.45) is 0. The Bertz CT molecular complexity index is 2480. The summed E-state index contributed by atoms with van der Waals surface area (Å²) >= 11 is 3.63. The molecule has 2 aromatic heterocycles. The van der Waals surface area contributed by atoms with Crippen molar-refractivity contribution in [3.63, 3.8) is 0 Å². The molecule has 2 heterocycles. The van der Waals surface area contributed by atoms with Crippen molar-refractivity contribution in [1.29, 1.82) is 0 Å². The first kappa shape index (κ1) is 27.1. The van der Waals surface area contributed by atoms with E-state index in [1.54, 1.807) is 11.8 Å². The molecule has 0 radical (unpaired) electrons. The second kappa shape index (κ2) is 11.3. The third kappa shape index (κ3) is 4.66. The fourth-order valence-corrected chi connectivity index (χ4v) is 8.49. The third-order valence-electron chi connectivity index (χ3n) is 8.53. The Morgan fingerprint density at radius 1 is 0.457 bits per heavy atom. The van der Waals surface area contributed by atoms with E-state index in [0.29, 0.717) is 0 Å². The lowest BCUT2D eigenvalue weighted by molar-refractivity contribution is 0.669. The highest BCUT2D eigenvalue weighted by atomic mass is 32.2. The predicted molar refractivity (Wildman–Crippen MR) is 197 cm³/mol. The topological polar surface area (TPSA) is 16.4 Å². The maximum Gasteiger partial charge on any atom is 0.137 e. The van der Waals surface area contributed by atoms with Crippen molar-refractivity contribution in [2.45, 2.75) is 9.79 Å². The molecule has 0 aliphatic heterocycles. The van der Waals surface area contributed by atoms with Crippen LogP contribution in [-0.4, -0.2) is 0 Å². The maximum absolute atomic E-state index is 6.52. The van der Waals surface area contributed by atoms with E-state index in [4.69, 9.17) is 4.42 Å². The summed E-state index contributed by atoms with van der Waals surface area (Å²) in [6.45, 7) is 0. The molecular weight excluding hydrogens is 599 g/mol. The SMILES string of the molecule is c1ccc(Sc2ccc(-c3ccc(N(c4ccccc4)c4cccc5oc6ccc7c8ccccc8sc7c6c45)cc3)cc2)cc1. The first-order valence-electron chi connectivity index (χ1n) is 15.3. The fourth-order valence-electron chi connectivity index (χ4n) is 6.40. The Kier molecular flexibility index (Phi) is 6.62. The van der Waals surface area contributed by atoms with E-state index in [-0.39, 0.29) is 0 Å². The van der Waals surface area contributed by atoms with Gasteiger partial charge >= 0.3 is 0 Å². The van der Waals surface area contributed by atoms with Crippen LogP contribution >= 0.6 is 23.1 Å². The monoisotopic (exact) mass is 625 g/mol. The van der Waals surface area contributed by atoms with Crippen LogP contribution in [0.2, 0.25) is 0 Å². The van der Waals surface area contributed by atoms with E-state index in [1.165, 1.54) is 46.5 Å². The summed E-state index contributed by atoms with van der Waals surface area (Å²) in [4.78, 5) is 4.83. The number of benzene rings is 7. The van der Waals surface area contributed by atoms with Gasteiger partial charge in [-0.15, -0.1) is 11.3 Å². The molecule has 0 unspecified atom stereocenters. The molecule has 0 aliphatic carbocycles. The Morgan fingerprint density at radius 3 is 1.87 bits per heavy atom. The van der Waals surface area contributed by atoms with E-state index >= 15 is 0 Å². The number of hydrogen-bond donors (Lipinski definition) is 0. The minimum atomic E-state index is 0.892. The van der Waals surface area contributed by atoms with Crippen molar-refractivity contribution in [2.75, 3.05) is 4.90 Å². The molecule has 0 fully saturated rings. The highest BCUT2D eigenvalue weighted by Crippen LogP contribution is 2.47. The van der Waals surface area contributed by atoms with Gasteiger partial charge in [0.15, 0.2) is 0 Å². The lowest BCUT2D eigenvalue weighted by Gasteiger charge is -2.26. The fraction of sp³-hybridized carbons (Fsp3) is 0. The zero-order valence-electron chi connectivity index (χ0n) is 24.8. The molecule has 9 rings (SSSR count). The van der Waals surface area contributed by atoms with Crippen LogP contribution in [-0.2, 0) is 0 Å². The lowest BCUT2D eigenvalue weighted by Crippen LogP contribution is -2.10. The number of furan rings is 1. The van der Waals surface area contributed by atoms with Crippen molar-refractivity contribution in [2.24, 2.45) is 0 Å². The van der Waals surface area contributed by atoms with Crippen molar-refractivity contribution < 1.29 is 4.42 Å². The summed E-state index contributed by atoms with van der Waals surface area (Å²) in [5.74, 6) is 0. The molecule has 46 heavy (non-hydrogen) atoms. The Morgan fingerprint density at radius 2 is 1.09 bits per heavy atom. The van der Waals surface area contributed by atoms with E-state index in [0.717, 1.165) is 33.6 Å². The van der Waals surface area contributed by atoms with Crippen LogP contribution in [0.15, 0.2) is 178 Å². The zero-order chi connectivity index (χ0) is 30.5. The number of anilines is 3. The molecule has 0 N–H and O–H groups in total. The van der Waals surface area contributed by atoms with Crippen molar-refractivity contribution in [3.8, 4) is 11.1 Å². The molecule has 2 nitrogen and oxygen atoms in total. The van der Waals surface area contributed by atoms with Gasteiger partial charge in [0.1, 0.15) is 11.2 Å². The van der Waals surface area contributed by atoms with Crippen LogP contribution < -0.4 is 4.90 Å². The van der Waals surface area contributed by atoms with Gasteiger partial charge in [-0.1, -0.05) is 96.7 Å². The van der Waals surface area contributed by atoms with Crippen LogP contribution in [0.4, 0.5) is 17.1 Å². The van der Waals surface area contributed by atoms with Crippen LogP contribution in [0, 0.1) is 0 Å². The van der Waals surface area contributed by atoms with Crippen molar-refractivity contribution in [3.05, 3.63) is 164 Å². The Labute approximate surface area is 275 Å². The Balaban J connectivity index is 1.16. The zero-order valence-corrected chi connectivity index (χ0v) is 26.4. The van der Waals surface area contributed by atoms with Gasteiger partial charge in [0.05, 0.1) is 11.1 Å². The van der Waals surface area contributed by atoms with Gasteiger partial charge in [0.25, 0.3) is 0 Å². The molecule has 218 valence electrons. The average Bonchev–Trinajstić information content (AvgIpc) is 3.69. The summed E-state index contributed by atoms with van der Waals surface area (Å²) in [6, 6.07) is 58.3. The number of para-hydroxylation sites is 1. The molecule has 0 atom stereocenters. The number of thiophene rings is 1. The van der Waals surface area contributed by atoms with E-state index in [2.05, 4.69) is 169 Å². The number of fused-ring (bicyclic) bond motifs is 7. The first-order valence-corrected chi connectivity index (χ1v) is 17.0. The second-order valence-electron chi connectivity index (χ2n) is 11.3. The molecule has 0 spiro atoms. The highest BCUT2D eigenvalue weighted by Gasteiger charge is 2.21. The predicted octanol–water partition coefficient (Wildman–Crippen LogP) is 13.2. The van der Waals surface area contributed by atoms with Gasteiger partial charge < -0.3 is 9.32 Å². The number of rotatable bonds is 6. The van der Waals surface area contributed by atoms with Crippen LogP contribution in [0.25, 0.3) is 53.2 Å². The molecular formula is C42H27NOS2. The van der Waals surface area contributed by atoms with Gasteiger partial charge in [0, 0.05) is 46.7 Å². The minimum absolute atomic E-state index is 0.892. The van der Waals surface area contributed by atoms with Gasteiger partial charge in [0.2, 0.25) is 0 Å². The molecule has 0 bridgehead atoms. The van der Waals surface area contributed by atoms with E-state index in [1.807, 2.05) is 11.3 Å². The minimum Gasteiger partial charge on any atom is -0.456 e. The first-order chi connectivity index (χ1) is 22.8. The number of nitrogens with zero attached hydrogens (tertiary/aromatic N) is 1. The Hall–Kier alpha value is -5.29. The van der Waals surface area contributed by atoms with Crippen molar-refractivity contribution >= 4 is 82.3 Å². The van der Waals surface area contributed by atoms with E-state index in [9.17, 15) is 0 Å². The van der Waals surface area contributed by atoms with Gasteiger partial charge in [-0.05, 0) is 90.0 Å². The van der Waals surface area contributed by atoms with Crippen LogP contribution in [0.5, 0.6) is 0 Å². The molecule has 0 saturated carbocycles. The van der Waals surface area contributed by atoms with E-state index < -0.39 is 0 Å². The molecule has 9 aromatic rings. The van der Waals surface area contributed by atoms with Gasteiger partial charge in [-0.25, -0.2) is 0 Å². The van der Waals surface area contributed by atoms with Gasteiger partial charge in [-0.3, -0.25) is 0 Å². The lowest BCUT2D eigenvalue weighted by atomic mass is 10.0. The molecule has 0 amide bonds. The highest BCUT2D eigenvalue weighted by molar-refractivity contribution is 7.99. The smallest absolute Gasteiger partial charge is 0.137 e. The molecule has 7 aromatic carbocycles. The largest absolute Gasteiger partial charge is 0.456 e. The van der Waals surface area contributed by atoms with Gasteiger partial charge in [-0.2, -0.15) is 0 Å². The molecule has 4 heteroatoms. The van der Waals surface area contributed by atoms with Crippen LogP contribution in [0.1, 0.15) is 0 Å². The summed E-state index contributed by atoms with van der Waals surface area (Å²) < 4.78 is 9.08. The third-order valence-corrected chi connectivity index (χ3v) is 10.8. The van der Waals surface area contributed by atoms with Crippen LogP contribution in [0.3, 0.4) is 0 Å². The summed E-state index contributed by atoms with van der Waals surface area (Å²) in [5.41, 5.74) is 7.49. The number of hydrogen-bond acceptors (Lipinski definition) is 4. The average molecular weight is 626 g/mol. The quantitative estimate of drug-likeness (QED) is 0.183. The van der Waals surface area contributed by atoms with Crippen molar-refractivity contribution in [1.82, 2.24) is 0 Å². The standard InChI is InChI=1S/C42H27NOS2/c1-3-10-30(11-4-1)43(31-22-18-28(19-23-31)29-20-24-33(25-21-29)45-32-12-5-2-6-13-32)36-15-9-16-37-40(36)41-38(44-37)27-26-35-34-14-7-8-17-39(34)46-42(35)41/h1-27H.